The fourth-order valence-electron chi connectivity index (χ4n) is 2.75. The molecule has 20 heavy (non-hydrogen) atoms. The van der Waals surface area contributed by atoms with Gasteiger partial charge in [-0.05, 0) is 45.6 Å². The Balaban J connectivity index is 2.01. The maximum Gasteiger partial charge on any atom is 0.228 e. The summed E-state index contributed by atoms with van der Waals surface area (Å²) in [7, 11) is 1.98. The molecule has 2 unspecified atom stereocenters. The lowest BCUT2D eigenvalue weighted by molar-refractivity contribution is -0.0770. The van der Waals surface area contributed by atoms with Crippen LogP contribution in [0.15, 0.2) is 4.52 Å². The Kier molecular flexibility index (Phi) is 5.16. The van der Waals surface area contributed by atoms with Crippen molar-refractivity contribution in [1.82, 2.24) is 15.5 Å². The molecule has 0 bridgehead atoms. The van der Waals surface area contributed by atoms with Crippen LogP contribution in [0.5, 0.6) is 0 Å². The molecule has 0 radical (unpaired) electrons. The molecule has 1 aliphatic rings. The Bertz CT molecular complexity index is 411. The number of ether oxygens (including phenoxy) is 1. The molecule has 0 aliphatic carbocycles. The molecule has 2 heterocycles. The van der Waals surface area contributed by atoms with Gasteiger partial charge in [0.2, 0.25) is 11.7 Å². The standard InChI is InChI=1S/C15H27N3O2/c1-11(2)9-12(16-4)10-13-17-14(18-20-13)15(3)7-5-6-8-19-15/h11-12,16H,5-10H2,1-4H3. The summed E-state index contributed by atoms with van der Waals surface area (Å²) in [5.74, 6) is 2.05. The molecule has 0 spiro atoms. The molecular weight excluding hydrogens is 254 g/mol. The van der Waals surface area contributed by atoms with Crippen molar-refractivity contribution in [3.8, 4) is 0 Å². The Morgan fingerprint density at radius 3 is 2.75 bits per heavy atom. The normalized spacial score (nSPS) is 25.1. The molecule has 5 heteroatoms. The summed E-state index contributed by atoms with van der Waals surface area (Å²) in [6.45, 7) is 7.29. The van der Waals surface area contributed by atoms with Gasteiger partial charge >= 0.3 is 0 Å². The van der Waals surface area contributed by atoms with Crippen molar-refractivity contribution >= 4 is 0 Å². The number of likely N-dealkylation sites (N-methyl/N-ethyl adjacent to an activating group) is 1. The first-order valence-corrected chi connectivity index (χ1v) is 7.68. The molecule has 2 atom stereocenters. The summed E-state index contributed by atoms with van der Waals surface area (Å²) in [6, 6.07) is 0.378. The van der Waals surface area contributed by atoms with E-state index in [1.165, 1.54) is 0 Å². The lowest BCUT2D eigenvalue weighted by atomic mass is 9.95. The summed E-state index contributed by atoms with van der Waals surface area (Å²) < 4.78 is 11.3. The van der Waals surface area contributed by atoms with Gasteiger partial charge in [0.15, 0.2) is 0 Å². The van der Waals surface area contributed by atoms with E-state index in [0.29, 0.717) is 23.7 Å². The highest BCUT2D eigenvalue weighted by molar-refractivity contribution is 5.01. The van der Waals surface area contributed by atoms with Gasteiger partial charge in [-0.25, -0.2) is 0 Å². The van der Waals surface area contributed by atoms with Crippen LogP contribution < -0.4 is 5.32 Å². The molecule has 0 amide bonds. The predicted octanol–water partition coefficient (Wildman–Crippen LogP) is 2.66. The van der Waals surface area contributed by atoms with Crippen LogP contribution in [-0.4, -0.2) is 29.8 Å². The van der Waals surface area contributed by atoms with E-state index in [4.69, 9.17) is 9.26 Å². The van der Waals surface area contributed by atoms with Crippen molar-refractivity contribution in [2.45, 2.75) is 64.5 Å². The van der Waals surface area contributed by atoms with Crippen LogP contribution in [0.25, 0.3) is 0 Å². The van der Waals surface area contributed by atoms with Gasteiger partial charge in [0, 0.05) is 19.1 Å². The van der Waals surface area contributed by atoms with E-state index in [1.54, 1.807) is 0 Å². The van der Waals surface area contributed by atoms with E-state index >= 15 is 0 Å². The van der Waals surface area contributed by atoms with Gasteiger partial charge in [0.25, 0.3) is 0 Å². The second-order valence-corrected chi connectivity index (χ2v) is 6.37. The third kappa shape index (κ3) is 3.79. The van der Waals surface area contributed by atoms with Gasteiger partial charge in [-0.2, -0.15) is 4.98 Å². The van der Waals surface area contributed by atoms with E-state index < -0.39 is 0 Å². The molecule has 1 N–H and O–H groups in total. The summed E-state index contributed by atoms with van der Waals surface area (Å²) in [5.41, 5.74) is -0.368. The SMILES string of the molecule is CNC(Cc1nc(C2(C)CCCCO2)no1)CC(C)C. The number of hydrogen-bond acceptors (Lipinski definition) is 5. The first kappa shape index (κ1) is 15.4. The van der Waals surface area contributed by atoms with Crippen LogP contribution in [0, 0.1) is 5.92 Å². The van der Waals surface area contributed by atoms with Gasteiger partial charge in [0.1, 0.15) is 5.60 Å². The lowest BCUT2D eigenvalue weighted by Gasteiger charge is -2.30. The highest BCUT2D eigenvalue weighted by Gasteiger charge is 2.35. The Morgan fingerprint density at radius 2 is 2.15 bits per heavy atom. The summed E-state index contributed by atoms with van der Waals surface area (Å²) in [5, 5.41) is 7.46. The topological polar surface area (TPSA) is 60.2 Å². The first-order valence-electron chi connectivity index (χ1n) is 7.68. The van der Waals surface area contributed by atoms with Crippen LogP contribution in [-0.2, 0) is 16.8 Å². The fraction of sp³-hybridized carbons (Fsp3) is 0.867. The van der Waals surface area contributed by atoms with Crippen molar-refractivity contribution in [3.63, 3.8) is 0 Å². The maximum absolute atomic E-state index is 5.86. The predicted molar refractivity (Wildman–Crippen MR) is 77.5 cm³/mol. The van der Waals surface area contributed by atoms with Crippen molar-refractivity contribution in [3.05, 3.63) is 11.7 Å². The second kappa shape index (κ2) is 6.68. The molecule has 0 saturated carbocycles. The fourth-order valence-corrected chi connectivity index (χ4v) is 2.75. The number of nitrogens with zero attached hydrogens (tertiary/aromatic N) is 2. The molecule has 1 fully saturated rings. The number of nitrogens with one attached hydrogen (secondary N) is 1. The smallest absolute Gasteiger partial charge is 0.228 e. The molecule has 1 aliphatic heterocycles. The van der Waals surface area contributed by atoms with Crippen LogP contribution in [0.3, 0.4) is 0 Å². The average molecular weight is 281 g/mol. The second-order valence-electron chi connectivity index (χ2n) is 6.37. The maximum atomic E-state index is 5.86. The third-order valence-electron chi connectivity index (χ3n) is 4.00. The van der Waals surface area contributed by atoms with Crippen molar-refractivity contribution in [2.75, 3.05) is 13.7 Å². The zero-order valence-electron chi connectivity index (χ0n) is 13.1. The molecule has 1 aromatic rings. The Morgan fingerprint density at radius 1 is 1.35 bits per heavy atom. The van der Waals surface area contributed by atoms with Gasteiger partial charge in [-0.3, -0.25) is 0 Å². The molecule has 1 aromatic heterocycles. The molecule has 5 nitrogen and oxygen atoms in total. The highest BCUT2D eigenvalue weighted by atomic mass is 16.5. The Labute approximate surface area is 121 Å². The van der Waals surface area contributed by atoms with Gasteiger partial charge in [-0.1, -0.05) is 19.0 Å². The quantitative estimate of drug-likeness (QED) is 0.868. The lowest BCUT2D eigenvalue weighted by Crippen LogP contribution is -2.32. The Hall–Kier alpha value is -0.940. The van der Waals surface area contributed by atoms with Gasteiger partial charge < -0.3 is 14.6 Å². The molecule has 1 saturated heterocycles. The number of rotatable bonds is 6. The van der Waals surface area contributed by atoms with E-state index in [9.17, 15) is 0 Å². The highest BCUT2D eigenvalue weighted by Crippen LogP contribution is 2.32. The van der Waals surface area contributed by atoms with Gasteiger partial charge in [0.05, 0.1) is 0 Å². The van der Waals surface area contributed by atoms with Crippen LogP contribution in [0.4, 0.5) is 0 Å². The van der Waals surface area contributed by atoms with Crippen molar-refractivity contribution in [2.24, 2.45) is 5.92 Å². The minimum atomic E-state index is -0.368. The van der Waals surface area contributed by atoms with Crippen LogP contribution in [0.1, 0.15) is 58.2 Å². The summed E-state index contributed by atoms with van der Waals surface area (Å²) in [4.78, 5) is 4.56. The monoisotopic (exact) mass is 281 g/mol. The van der Waals surface area contributed by atoms with Gasteiger partial charge in [-0.15, -0.1) is 0 Å². The van der Waals surface area contributed by atoms with Crippen molar-refractivity contribution in [1.29, 1.82) is 0 Å². The number of aromatic nitrogens is 2. The largest absolute Gasteiger partial charge is 0.367 e. The molecule has 0 aromatic carbocycles. The zero-order valence-corrected chi connectivity index (χ0v) is 13.1. The molecule has 2 rings (SSSR count). The minimum absolute atomic E-state index is 0.368. The van der Waals surface area contributed by atoms with E-state index in [1.807, 2.05) is 7.05 Å². The van der Waals surface area contributed by atoms with Crippen LogP contribution in [0.2, 0.25) is 0 Å². The first-order chi connectivity index (χ1) is 9.53. The van der Waals surface area contributed by atoms with E-state index in [2.05, 4.69) is 36.2 Å². The molecule has 114 valence electrons. The summed E-state index contributed by atoms with van der Waals surface area (Å²) >= 11 is 0. The molecular formula is C15H27N3O2. The number of hydrogen-bond donors (Lipinski definition) is 1. The summed E-state index contributed by atoms with van der Waals surface area (Å²) in [6.07, 6.45) is 5.12. The third-order valence-corrected chi connectivity index (χ3v) is 4.00. The zero-order chi connectivity index (χ0) is 14.6. The van der Waals surface area contributed by atoms with E-state index in [0.717, 1.165) is 38.7 Å². The average Bonchev–Trinajstić information content (AvgIpc) is 2.87. The van der Waals surface area contributed by atoms with E-state index in [-0.39, 0.29) is 5.60 Å². The minimum Gasteiger partial charge on any atom is -0.367 e. The van der Waals surface area contributed by atoms with Crippen LogP contribution >= 0.6 is 0 Å². The van der Waals surface area contributed by atoms with Crippen molar-refractivity contribution < 1.29 is 9.26 Å².